The molecule has 1 aromatic carbocycles. The first-order chi connectivity index (χ1) is 11.6. The van der Waals surface area contributed by atoms with Crippen LogP contribution in [0.1, 0.15) is 36.5 Å². The first kappa shape index (κ1) is 15.6. The Kier molecular flexibility index (Phi) is 3.79. The van der Waals surface area contributed by atoms with Crippen LogP contribution in [0.3, 0.4) is 0 Å². The maximum Gasteiger partial charge on any atom is 0.253 e. The topological polar surface area (TPSA) is 53.5 Å². The smallest absolute Gasteiger partial charge is 0.253 e. The van der Waals surface area contributed by atoms with E-state index in [2.05, 4.69) is 11.9 Å². The molecule has 2 saturated heterocycles. The van der Waals surface area contributed by atoms with Gasteiger partial charge in [-0.25, -0.2) is 4.98 Å². The molecule has 2 aliphatic heterocycles. The van der Waals surface area contributed by atoms with E-state index in [0.717, 1.165) is 42.6 Å². The molecule has 2 fully saturated rings. The zero-order chi connectivity index (χ0) is 16.7. The fraction of sp³-hybridized carbons (Fsp3) is 0.500. The standard InChI is InChI=1S/C18H21N3O2S/c1-2-7-20-8-5-18(17(20)23)6-9-21(11-18)16(22)13-3-4-15-14(10-13)19-12-24-15/h3-4,10,12H,2,5-9,11H2,1H3. The van der Waals surface area contributed by atoms with Crippen LogP contribution in [0.5, 0.6) is 0 Å². The first-order valence-electron chi connectivity index (χ1n) is 8.55. The summed E-state index contributed by atoms with van der Waals surface area (Å²) in [7, 11) is 0. The van der Waals surface area contributed by atoms with E-state index >= 15 is 0 Å². The van der Waals surface area contributed by atoms with Crippen LogP contribution in [-0.4, -0.2) is 52.8 Å². The van der Waals surface area contributed by atoms with Crippen molar-refractivity contribution in [3.8, 4) is 0 Å². The minimum Gasteiger partial charge on any atom is -0.342 e. The van der Waals surface area contributed by atoms with Gasteiger partial charge in [0.15, 0.2) is 0 Å². The zero-order valence-corrected chi connectivity index (χ0v) is 14.6. The number of hydrogen-bond donors (Lipinski definition) is 0. The van der Waals surface area contributed by atoms with E-state index in [1.807, 2.05) is 28.0 Å². The third kappa shape index (κ3) is 2.40. The van der Waals surface area contributed by atoms with Gasteiger partial charge in [0.2, 0.25) is 5.91 Å². The summed E-state index contributed by atoms with van der Waals surface area (Å²) in [6.45, 7) is 4.98. The van der Waals surface area contributed by atoms with Gasteiger partial charge in [-0.05, 0) is 37.5 Å². The number of carbonyl (C=O) groups is 2. The average molecular weight is 343 g/mol. The lowest BCUT2D eigenvalue weighted by Gasteiger charge is -2.23. The predicted molar refractivity (Wildman–Crippen MR) is 94.1 cm³/mol. The Hall–Kier alpha value is -1.95. The van der Waals surface area contributed by atoms with Crippen LogP contribution in [0.25, 0.3) is 10.2 Å². The molecule has 2 aromatic rings. The number of thiazole rings is 1. The van der Waals surface area contributed by atoms with E-state index in [1.165, 1.54) is 0 Å². The summed E-state index contributed by atoms with van der Waals surface area (Å²) in [5.74, 6) is 0.262. The van der Waals surface area contributed by atoms with Crippen molar-refractivity contribution in [3.05, 3.63) is 29.3 Å². The first-order valence-corrected chi connectivity index (χ1v) is 9.43. The summed E-state index contributed by atoms with van der Waals surface area (Å²) < 4.78 is 1.09. The molecule has 5 nitrogen and oxygen atoms in total. The number of nitrogens with zero attached hydrogens (tertiary/aromatic N) is 3. The second kappa shape index (κ2) is 5.84. The Morgan fingerprint density at radius 3 is 3.00 bits per heavy atom. The molecule has 1 spiro atoms. The van der Waals surface area contributed by atoms with Crippen LogP contribution in [0, 0.1) is 5.41 Å². The zero-order valence-electron chi connectivity index (χ0n) is 13.8. The molecule has 3 heterocycles. The van der Waals surface area contributed by atoms with E-state index in [9.17, 15) is 9.59 Å². The van der Waals surface area contributed by atoms with E-state index in [-0.39, 0.29) is 17.2 Å². The number of amides is 2. The summed E-state index contributed by atoms with van der Waals surface area (Å²) in [6, 6.07) is 5.68. The normalized spacial score (nSPS) is 23.8. The van der Waals surface area contributed by atoms with Gasteiger partial charge in [-0.15, -0.1) is 11.3 Å². The number of aromatic nitrogens is 1. The lowest BCUT2D eigenvalue weighted by atomic mass is 9.85. The van der Waals surface area contributed by atoms with Crippen LogP contribution in [0.4, 0.5) is 0 Å². The molecule has 6 heteroatoms. The quantitative estimate of drug-likeness (QED) is 0.861. The van der Waals surface area contributed by atoms with E-state index in [0.29, 0.717) is 18.7 Å². The van der Waals surface area contributed by atoms with E-state index < -0.39 is 0 Å². The molecular formula is C18H21N3O2S. The van der Waals surface area contributed by atoms with Crippen molar-refractivity contribution >= 4 is 33.4 Å². The van der Waals surface area contributed by atoms with Crippen LogP contribution < -0.4 is 0 Å². The van der Waals surface area contributed by atoms with Crippen molar-refractivity contribution in [3.63, 3.8) is 0 Å². The van der Waals surface area contributed by atoms with Gasteiger partial charge in [-0.3, -0.25) is 9.59 Å². The third-order valence-corrected chi connectivity index (χ3v) is 6.12. The molecule has 2 amide bonds. The molecule has 0 radical (unpaired) electrons. The van der Waals surface area contributed by atoms with E-state index in [1.54, 1.807) is 16.8 Å². The molecule has 2 aliphatic rings. The van der Waals surface area contributed by atoms with Gasteiger partial charge in [0.1, 0.15) is 0 Å². The molecule has 0 aliphatic carbocycles. The summed E-state index contributed by atoms with van der Waals surface area (Å²) >= 11 is 1.57. The Morgan fingerprint density at radius 1 is 1.33 bits per heavy atom. The second-order valence-electron chi connectivity index (χ2n) is 6.83. The highest BCUT2D eigenvalue weighted by Gasteiger charge is 2.51. The summed E-state index contributed by atoms with van der Waals surface area (Å²) in [5.41, 5.74) is 2.99. The van der Waals surface area contributed by atoms with Crippen molar-refractivity contribution in [2.75, 3.05) is 26.2 Å². The molecule has 1 aromatic heterocycles. The highest BCUT2D eigenvalue weighted by atomic mass is 32.1. The largest absolute Gasteiger partial charge is 0.342 e. The highest BCUT2D eigenvalue weighted by Crippen LogP contribution is 2.41. The van der Waals surface area contributed by atoms with Crippen molar-refractivity contribution in [2.45, 2.75) is 26.2 Å². The fourth-order valence-electron chi connectivity index (χ4n) is 3.97. The van der Waals surface area contributed by atoms with Crippen LogP contribution in [0.15, 0.2) is 23.7 Å². The van der Waals surface area contributed by atoms with Crippen molar-refractivity contribution in [1.82, 2.24) is 14.8 Å². The molecule has 0 N–H and O–H groups in total. The summed E-state index contributed by atoms with van der Waals surface area (Å²) in [5, 5.41) is 0. The average Bonchev–Trinajstić information content (AvgIpc) is 3.30. The number of rotatable bonds is 3. The number of carbonyl (C=O) groups excluding carboxylic acids is 2. The number of hydrogen-bond acceptors (Lipinski definition) is 4. The fourth-order valence-corrected chi connectivity index (χ4v) is 4.63. The molecular weight excluding hydrogens is 322 g/mol. The minimum absolute atomic E-state index is 0.0171. The monoisotopic (exact) mass is 343 g/mol. The molecule has 0 saturated carbocycles. The molecule has 4 rings (SSSR count). The Labute approximate surface area is 145 Å². The lowest BCUT2D eigenvalue weighted by Crippen LogP contribution is -2.38. The second-order valence-corrected chi connectivity index (χ2v) is 7.72. The van der Waals surface area contributed by atoms with Crippen molar-refractivity contribution in [1.29, 1.82) is 0 Å². The Balaban J connectivity index is 1.52. The maximum absolute atomic E-state index is 12.8. The van der Waals surface area contributed by atoms with Crippen LogP contribution >= 0.6 is 11.3 Å². The Bertz CT molecular complexity index is 802. The van der Waals surface area contributed by atoms with Gasteiger partial charge in [-0.2, -0.15) is 0 Å². The molecule has 0 bridgehead atoms. The van der Waals surface area contributed by atoms with E-state index in [4.69, 9.17) is 0 Å². The highest BCUT2D eigenvalue weighted by molar-refractivity contribution is 7.16. The minimum atomic E-state index is -0.338. The predicted octanol–water partition coefficient (Wildman–Crippen LogP) is 2.77. The van der Waals surface area contributed by atoms with Gasteiger partial charge < -0.3 is 9.80 Å². The van der Waals surface area contributed by atoms with Gasteiger partial charge in [0.25, 0.3) is 5.91 Å². The van der Waals surface area contributed by atoms with Crippen molar-refractivity contribution in [2.24, 2.45) is 5.41 Å². The number of fused-ring (bicyclic) bond motifs is 1. The number of likely N-dealkylation sites (tertiary alicyclic amines) is 2. The summed E-state index contributed by atoms with van der Waals surface area (Å²) in [4.78, 5) is 33.7. The van der Waals surface area contributed by atoms with Gasteiger partial charge in [0, 0.05) is 31.7 Å². The number of benzene rings is 1. The van der Waals surface area contributed by atoms with Crippen LogP contribution in [-0.2, 0) is 4.79 Å². The molecule has 126 valence electrons. The van der Waals surface area contributed by atoms with Gasteiger partial charge >= 0.3 is 0 Å². The maximum atomic E-state index is 12.8. The Morgan fingerprint density at radius 2 is 2.17 bits per heavy atom. The van der Waals surface area contributed by atoms with Gasteiger partial charge in [0.05, 0.1) is 21.1 Å². The molecule has 1 unspecified atom stereocenters. The lowest BCUT2D eigenvalue weighted by molar-refractivity contribution is -0.135. The molecule has 24 heavy (non-hydrogen) atoms. The van der Waals surface area contributed by atoms with Crippen molar-refractivity contribution < 1.29 is 9.59 Å². The summed E-state index contributed by atoms with van der Waals surface area (Å²) in [6.07, 6.45) is 2.65. The van der Waals surface area contributed by atoms with Crippen LogP contribution in [0.2, 0.25) is 0 Å². The molecule has 1 atom stereocenters. The van der Waals surface area contributed by atoms with Gasteiger partial charge in [-0.1, -0.05) is 6.92 Å². The SMILES string of the molecule is CCCN1CCC2(CCN(C(=O)c3ccc4scnc4c3)C2)C1=O. The third-order valence-electron chi connectivity index (χ3n) is 5.31.